The second-order valence-corrected chi connectivity index (χ2v) is 7.81. The zero-order valence-electron chi connectivity index (χ0n) is 16.5. The lowest BCUT2D eigenvalue weighted by atomic mass is 9.80. The highest BCUT2D eigenvalue weighted by Crippen LogP contribution is 2.32. The van der Waals surface area contributed by atoms with Gasteiger partial charge in [0.2, 0.25) is 0 Å². The maximum atomic E-state index is 13.0. The molecular weight excluding hydrogens is 374 g/mol. The van der Waals surface area contributed by atoms with Crippen LogP contribution in [0.5, 0.6) is 0 Å². The fourth-order valence-corrected chi connectivity index (χ4v) is 3.01. The summed E-state index contributed by atoms with van der Waals surface area (Å²) in [5, 5.41) is 3.54. The first-order valence-corrected chi connectivity index (χ1v) is 9.02. The number of carbonyl (C=O) groups is 1. The Morgan fingerprint density at radius 1 is 1.25 bits per heavy atom. The number of anilines is 1. The van der Waals surface area contributed by atoms with Crippen LogP contribution in [-0.2, 0) is 11.1 Å². The summed E-state index contributed by atoms with van der Waals surface area (Å²) in [6, 6.07) is 3.08. The number of ether oxygens (including phenoxy) is 1. The first-order chi connectivity index (χ1) is 12.9. The van der Waals surface area contributed by atoms with Crippen molar-refractivity contribution in [3.05, 3.63) is 33.7 Å². The predicted molar refractivity (Wildman–Crippen MR) is 103 cm³/mol. The number of amides is 1. The molecule has 1 aliphatic heterocycles. The van der Waals surface area contributed by atoms with Gasteiger partial charge in [-0.3, -0.25) is 0 Å². The highest BCUT2D eigenvalue weighted by molar-refractivity contribution is 6.57. The third-order valence-corrected chi connectivity index (χ3v) is 4.37. The third kappa shape index (κ3) is 5.98. The molecular formula is C17H24BF3N5O2-. The number of hydrogen-bond donors (Lipinski definition) is 0. The van der Waals surface area contributed by atoms with Gasteiger partial charge >= 0.3 is 13.1 Å². The van der Waals surface area contributed by atoms with Gasteiger partial charge in [-0.15, -0.1) is 0 Å². The average Bonchev–Trinajstić information content (AvgIpc) is 2.56. The number of nitrogens with zero attached hydrogens (tertiary/aromatic N) is 5. The Hall–Kier alpha value is -2.55. The van der Waals surface area contributed by atoms with Gasteiger partial charge < -0.3 is 27.5 Å². The summed E-state index contributed by atoms with van der Waals surface area (Å²) in [4.78, 5) is 18.3. The van der Waals surface area contributed by atoms with Gasteiger partial charge in [-0.05, 0) is 50.9 Å². The number of piperazine rings is 1. The van der Waals surface area contributed by atoms with Crippen LogP contribution in [0.4, 0.5) is 29.1 Å². The normalized spacial score (nSPS) is 15.2. The lowest BCUT2D eigenvalue weighted by Crippen LogP contribution is -2.50. The van der Waals surface area contributed by atoms with Crippen molar-refractivity contribution in [2.75, 3.05) is 31.1 Å². The third-order valence-electron chi connectivity index (χ3n) is 4.37. The largest absolute Gasteiger partial charge is 0.482 e. The summed E-state index contributed by atoms with van der Waals surface area (Å²) in [6.45, 7) is 3.51. The van der Waals surface area contributed by atoms with Crippen molar-refractivity contribution < 1.29 is 22.5 Å². The van der Waals surface area contributed by atoms with Crippen molar-refractivity contribution in [2.45, 2.75) is 39.6 Å². The monoisotopic (exact) mass is 398 g/mol. The molecule has 0 unspecified atom stereocenters. The van der Waals surface area contributed by atoms with Gasteiger partial charge in [0.25, 0.3) is 0 Å². The van der Waals surface area contributed by atoms with E-state index in [2.05, 4.69) is 10.0 Å². The second kappa shape index (κ2) is 8.22. The Morgan fingerprint density at radius 3 is 2.36 bits per heavy atom. The van der Waals surface area contributed by atoms with Gasteiger partial charge in [0, 0.05) is 42.5 Å². The maximum absolute atomic E-state index is 13.0. The molecule has 0 aliphatic carbocycles. The summed E-state index contributed by atoms with van der Waals surface area (Å²) in [5.41, 5.74) is 9.29. The van der Waals surface area contributed by atoms with E-state index in [1.165, 1.54) is 13.0 Å². The van der Waals surface area contributed by atoms with E-state index in [4.69, 9.17) is 10.3 Å². The van der Waals surface area contributed by atoms with Crippen molar-refractivity contribution in [3.63, 3.8) is 0 Å². The van der Waals surface area contributed by atoms with Crippen LogP contribution in [0, 0.1) is 6.92 Å². The van der Waals surface area contributed by atoms with Gasteiger partial charge in [0.15, 0.2) is 0 Å². The summed E-state index contributed by atoms with van der Waals surface area (Å²) < 4.78 is 44.3. The molecule has 1 saturated heterocycles. The lowest BCUT2D eigenvalue weighted by molar-refractivity contribution is 0.0240. The van der Waals surface area contributed by atoms with E-state index < -0.39 is 25.0 Å². The molecule has 0 saturated carbocycles. The molecule has 1 aliphatic rings. The lowest BCUT2D eigenvalue weighted by Gasteiger charge is -2.37. The predicted octanol–water partition coefficient (Wildman–Crippen LogP) is 4.92. The summed E-state index contributed by atoms with van der Waals surface area (Å²) in [7, 11) is 0. The van der Waals surface area contributed by atoms with E-state index in [9.17, 15) is 17.7 Å². The molecule has 0 radical (unpaired) electrons. The number of hydrogen-bond acceptors (Lipinski definition) is 4. The maximum Gasteiger partial charge on any atom is 0.482 e. The number of rotatable bonds is 4. The van der Waals surface area contributed by atoms with Gasteiger partial charge in [-0.2, -0.15) is 0 Å². The molecule has 0 aromatic heterocycles. The van der Waals surface area contributed by atoms with Crippen LogP contribution in [0.25, 0.3) is 10.4 Å². The molecule has 2 rings (SSSR count). The van der Waals surface area contributed by atoms with Crippen molar-refractivity contribution >= 4 is 24.4 Å². The van der Waals surface area contributed by atoms with E-state index in [-0.39, 0.29) is 11.3 Å². The topological polar surface area (TPSA) is 81.5 Å². The van der Waals surface area contributed by atoms with Crippen LogP contribution in [0.1, 0.15) is 31.9 Å². The molecule has 1 heterocycles. The number of azide groups is 1. The molecule has 0 spiro atoms. The van der Waals surface area contributed by atoms with Crippen molar-refractivity contribution in [1.82, 2.24) is 4.90 Å². The SMILES string of the molecule is Cc1c(C[B-](F)(F)F)cc(N2CCN(C(=O)OC(C)(C)C)CC2)cc1N=[N+]=[N-]. The Bertz CT molecular complexity index is 780. The molecule has 1 amide bonds. The van der Waals surface area contributed by atoms with Crippen molar-refractivity contribution in [1.29, 1.82) is 0 Å². The summed E-state index contributed by atoms with van der Waals surface area (Å²) in [5.74, 6) is 0. The van der Waals surface area contributed by atoms with Gasteiger partial charge in [0.05, 0.1) is 0 Å². The molecule has 1 aromatic rings. The quantitative estimate of drug-likeness (QED) is 0.312. The van der Waals surface area contributed by atoms with E-state index >= 15 is 0 Å². The minimum Gasteiger partial charge on any atom is -0.449 e. The van der Waals surface area contributed by atoms with Crippen LogP contribution in [0.2, 0.25) is 0 Å². The molecule has 0 N–H and O–H groups in total. The van der Waals surface area contributed by atoms with Crippen LogP contribution in [0.15, 0.2) is 17.2 Å². The van der Waals surface area contributed by atoms with E-state index in [0.717, 1.165) is 0 Å². The fourth-order valence-electron chi connectivity index (χ4n) is 3.01. The van der Waals surface area contributed by atoms with Crippen molar-refractivity contribution in [2.24, 2.45) is 5.11 Å². The summed E-state index contributed by atoms with van der Waals surface area (Å²) >= 11 is 0. The fraction of sp³-hybridized carbons (Fsp3) is 0.588. The van der Waals surface area contributed by atoms with E-state index in [1.54, 1.807) is 31.7 Å². The van der Waals surface area contributed by atoms with Crippen molar-refractivity contribution in [3.8, 4) is 0 Å². The molecule has 11 heteroatoms. The number of carbonyl (C=O) groups excluding carboxylic acids is 1. The number of halogens is 3. The van der Waals surface area contributed by atoms with Crippen LogP contribution >= 0.6 is 0 Å². The minimum absolute atomic E-state index is 0.0990. The number of benzene rings is 1. The van der Waals surface area contributed by atoms with Gasteiger partial charge in [-0.1, -0.05) is 17.0 Å². The van der Waals surface area contributed by atoms with Gasteiger partial charge in [0.1, 0.15) is 5.60 Å². The minimum atomic E-state index is -5.02. The molecule has 0 atom stereocenters. The van der Waals surface area contributed by atoms with Crippen LogP contribution in [0.3, 0.4) is 0 Å². The zero-order valence-corrected chi connectivity index (χ0v) is 16.5. The highest BCUT2D eigenvalue weighted by atomic mass is 19.4. The Morgan fingerprint density at radius 2 is 1.86 bits per heavy atom. The van der Waals surface area contributed by atoms with E-state index in [0.29, 0.717) is 37.4 Å². The molecule has 1 fully saturated rings. The summed E-state index contributed by atoms with van der Waals surface area (Å²) in [6.07, 6.45) is -1.45. The van der Waals surface area contributed by atoms with E-state index in [1.807, 2.05) is 4.90 Å². The Balaban J connectivity index is 2.19. The van der Waals surface area contributed by atoms with Gasteiger partial charge in [-0.25, -0.2) is 4.79 Å². The van der Waals surface area contributed by atoms with Crippen LogP contribution in [-0.4, -0.2) is 49.8 Å². The highest BCUT2D eigenvalue weighted by Gasteiger charge is 2.28. The molecule has 154 valence electrons. The molecule has 1 aromatic carbocycles. The first-order valence-electron chi connectivity index (χ1n) is 9.02. The standard InChI is InChI=1S/C17H24BF3N5O2/c1-12-13(11-18(19,20)21)9-14(10-15(12)23-24-22)25-5-7-26(8-6-25)16(27)28-17(2,3)4/h9-10H,5-8,11H2,1-4H3/q-1. The second-order valence-electron chi connectivity index (χ2n) is 7.81. The zero-order chi connectivity index (χ0) is 21.1. The van der Waals surface area contributed by atoms with Crippen LogP contribution < -0.4 is 4.90 Å². The molecule has 0 bridgehead atoms. The average molecular weight is 398 g/mol. The molecule has 28 heavy (non-hydrogen) atoms. The Kier molecular flexibility index (Phi) is 6.39. The molecule has 7 nitrogen and oxygen atoms in total. The Labute approximate surface area is 162 Å². The smallest absolute Gasteiger partial charge is 0.449 e. The first kappa shape index (κ1) is 21.8.